The molecular weight excluding hydrogens is 216 g/mol. The van der Waals surface area contributed by atoms with Crippen LogP contribution >= 0.6 is 0 Å². The van der Waals surface area contributed by atoms with Crippen molar-refractivity contribution in [2.24, 2.45) is 0 Å². The minimum absolute atomic E-state index is 0.147. The van der Waals surface area contributed by atoms with E-state index in [0.717, 1.165) is 0 Å². The smallest absolute Gasteiger partial charge is 0.224 e. The van der Waals surface area contributed by atoms with Crippen molar-refractivity contribution in [2.45, 2.75) is 12.5 Å². The van der Waals surface area contributed by atoms with Crippen LogP contribution in [0.5, 0.6) is 0 Å². The van der Waals surface area contributed by atoms with Gasteiger partial charge in [0.25, 0.3) is 0 Å². The lowest BCUT2D eigenvalue weighted by Gasteiger charge is -2.04. The molecule has 0 fully saturated rings. The van der Waals surface area contributed by atoms with Gasteiger partial charge in [-0.2, -0.15) is 0 Å². The van der Waals surface area contributed by atoms with Crippen LogP contribution in [0, 0.1) is 12.3 Å². The lowest BCUT2D eigenvalue weighted by Crippen LogP contribution is -2.23. The third-order valence-electron chi connectivity index (χ3n) is 1.02. The Morgan fingerprint density at radius 2 is 1.69 bits per heavy atom. The SMILES string of the molecule is C#CCC(OC)C(=O)C=O.C=O.C=O.C=O. The standard InChI is InChI=1S/C7H8O3.3CH2O/c1-3-4-7(10-2)6(9)5-8;3*1-2/h1,5,7H,4H2,2H3;3*1H2. The van der Waals surface area contributed by atoms with Gasteiger partial charge in [-0.3, -0.25) is 9.59 Å². The lowest BCUT2D eigenvalue weighted by molar-refractivity contribution is -0.136. The normalized spacial score (nSPS) is 8.00. The van der Waals surface area contributed by atoms with Gasteiger partial charge in [0.1, 0.15) is 26.5 Å². The molecule has 90 valence electrons. The number of carbonyl (C=O) groups is 5. The van der Waals surface area contributed by atoms with Gasteiger partial charge < -0.3 is 19.1 Å². The van der Waals surface area contributed by atoms with E-state index in [9.17, 15) is 9.59 Å². The maximum absolute atomic E-state index is 10.5. The summed E-state index contributed by atoms with van der Waals surface area (Å²) in [7, 11) is 1.34. The molecule has 0 aromatic heterocycles. The highest BCUT2D eigenvalue weighted by molar-refractivity contribution is 6.27. The second-order valence-electron chi connectivity index (χ2n) is 1.65. The van der Waals surface area contributed by atoms with E-state index in [2.05, 4.69) is 10.7 Å². The van der Waals surface area contributed by atoms with Crippen LogP contribution in [0.3, 0.4) is 0 Å². The average Bonchev–Trinajstić information content (AvgIpc) is 2.42. The van der Waals surface area contributed by atoms with E-state index in [1.807, 2.05) is 20.4 Å². The molecule has 0 radical (unpaired) electrons. The third kappa shape index (κ3) is 17.8. The second kappa shape index (κ2) is 29.3. The Morgan fingerprint density at radius 1 is 1.31 bits per heavy atom. The molecule has 0 saturated heterocycles. The van der Waals surface area contributed by atoms with Gasteiger partial charge in [0, 0.05) is 13.5 Å². The van der Waals surface area contributed by atoms with Gasteiger partial charge in [-0.25, -0.2) is 0 Å². The van der Waals surface area contributed by atoms with E-state index in [-0.39, 0.29) is 12.7 Å². The molecule has 0 bridgehead atoms. The van der Waals surface area contributed by atoms with Gasteiger partial charge in [0.05, 0.1) is 0 Å². The first kappa shape index (κ1) is 23.6. The molecule has 16 heavy (non-hydrogen) atoms. The number of carbonyl (C=O) groups excluding carboxylic acids is 5. The molecule has 0 aromatic carbocycles. The number of terminal acetylenes is 1. The molecule has 0 rings (SSSR count). The van der Waals surface area contributed by atoms with Crippen LogP contribution in [0.4, 0.5) is 0 Å². The number of Topliss-reactive ketones (excluding diaryl/α,β-unsaturated/α-hetero) is 1. The number of ether oxygens (including phenoxy) is 1. The van der Waals surface area contributed by atoms with Crippen LogP contribution in [0.2, 0.25) is 0 Å². The molecule has 0 aliphatic carbocycles. The fourth-order valence-corrected chi connectivity index (χ4v) is 0.483. The Morgan fingerprint density at radius 3 is 1.88 bits per heavy atom. The van der Waals surface area contributed by atoms with Crippen molar-refractivity contribution in [3.05, 3.63) is 0 Å². The second-order valence-corrected chi connectivity index (χ2v) is 1.65. The summed E-state index contributed by atoms with van der Waals surface area (Å²) in [6, 6.07) is 0. The van der Waals surface area contributed by atoms with Gasteiger partial charge in [-0.1, -0.05) is 0 Å². The van der Waals surface area contributed by atoms with Crippen molar-refractivity contribution in [1.82, 2.24) is 0 Å². The van der Waals surface area contributed by atoms with Crippen LogP contribution in [-0.4, -0.2) is 45.7 Å². The zero-order valence-corrected chi connectivity index (χ0v) is 9.01. The highest BCUT2D eigenvalue weighted by atomic mass is 16.5. The van der Waals surface area contributed by atoms with E-state index < -0.39 is 11.9 Å². The molecule has 0 spiro atoms. The molecular formula is C10H14O6. The van der Waals surface area contributed by atoms with Crippen LogP contribution in [0.25, 0.3) is 0 Å². The van der Waals surface area contributed by atoms with Gasteiger partial charge in [-0.15, -0.1) is 12.3 Å². The van der Waals surface area contributed by atoms with Crippen LogP contribution in [0.1, 0.15) is 6.42 Å². The fraction of sp³-hybridized carbons (Fsp3) is 0.300. The van der Waals surface area contributed by atoms with E-state index in [4.69, 9.17) is 20.8 Å². The third-order valence-corrected chi connectivity index (χ3v) is 1.02. The summed E-state index contributed by atoms with van der Waals surface area (Å²) < 4.78 is 4.62. The Bertz CT molecular complexity index is 203. The molecule has 0 heterocycles. The van der Waals surface area contributed by atoms with Crippen LogP contribution < -0.4 is 0 Å². The van der Waals surface area contributed by atoms with Gasteiger partial charge >= 0.3 is 0 Å². The average molecular weight is 230 g/mol. The Balaban J connectivity index is -0.000000103. The highest BCUT2D eigenvalue weighted by Gasteiger charge is 2.14. The Labute approximate surface area is 94.0 Å². The predicted molar refractivity (Wildman–Crippen MR) is 56.7 cm³/mol. The number of rotatable bonds is 4. The van der Waals surface area contributed by atoms with Gasteiger partial charge in [0.15, 0.2) is 6.29 Å². The van der Waals surface area contributed by atoms with Crippen molar-refractivity contribution in [3.63, 3.8) is 0 Å². The quantitative estimate of drug-likeness (QED) is 0.358. The van der Waals surface area contributed by atoms with Crippen LogP contribution in [0.15, 0.2) is 0 Å². The highest BCUT2D eigenvalue weighted by Crippen LogP contribution is 1.94. The molecule has 6 nitrogen and oxygen atoms in total. The number of ketones is 1. The zero-order valence-electron chi connectivity index (χ0n) is 9.01. The summed E-state index contributed by atoms with van der Waals surface area (Å²) >= 11 is 0. The van der Waals surface area contributed by atoms with Gasteiger partial charge in [0.2, 0.25) is 5.78 Å². The molecule has 0 N–H and O–H groups in total. The minimum Gasteiger partial charge on any atom is -0.372 e. The predicted octanol–water partition coefficient (Wildman–Crippen LogP) is -0.762. The monoisotopic (exact) mass is 230 g/mol. The van der Waals surface area contributed by atoms with E-state index in [1.165, 1.54) is 7.11 Å². The molecule has 0 aliphatic heterocycles. The summed E-state index contributed by atoms with van der Waals surface area (Å²) in [4.78, 5) is 44.4. The topological polar surface area (TPSA) is 94.6 Å². The molecule has 0 amide bonds. The fourth-order valence-electron chi connectivity index (χ4n) is 0.483. The summed E-state index contributed by atoms with van der Waals surface area (Å²) in [5, 5.41) is 0. The summed E-state index contributed by atoms with van der Waals surface area (Å²) in [5.74, 6) is 1.62. The van der Waals surface area contributed by atoms with Crippen molar-refractivity contribution < 1.29 is 28.7 Å². The van der Waals surface area contributed by atoms with Crippen molar-refractivity contribution in [1.29, 1.82) is 0 Å². The first-order valence-corrected chi connectivity index (χ1v) is 3.58. The number of methoxy groups -OCH3 is 1. The molecule has 6 heteroatoms. The lowest BCUT2D eigenvalue weighted by atomic mass is 10.2. The zero-order chi connectivity index (χ0) is 14.0. The van der Waals surface area contributed by atoms with Crippen LogP contribution in [-0.2, 0) is 28.7 Å². The molecule has 1 unspecified atom stereocenters. The largest absolute Gasteiger partial charge is 0.372 e. The number of hydrogen-bond donors (Lipinski definition) is 0. The summed E-state index contributed by atoms with van der Waals surface area (Å²) in [6.07, 6.45) is 4.50. The van der Waals surface area contributed by atoms with E-state index >= 15 is 0 Å². The van der Waals surface area contributed by atoms with Crippen molar-refractivity contribution in [3.8, 4) is 12.3 Å². The van der Waals surface area contributed by atoms with Gasteiger partial charge in [-0.05, 0) is 0 Å². The Kier molecular flexibility index (Phi) is 43.2. The number of hydrogen-bond acceptors (Lipinski definition) is 6. The number of aldehydes is 1. The van der Waals surface area contributed by atoms with E-state index in [0.29, 0.717) is 0 Å². The molecule has 0 saturated carbocycles. The van der Waals surface area contributed by atoms with Crippen molar-refractivity contribution >= 4 is 32.4 Å². The first-order chi connectivity index (χ1) is 7.76. The molecule has 0 aromatic rings. The van der Waals surface area contributed by atoms with Crippen molar-refractivity contribution in [2.75, 3.05) is 7.11 Å². The summed E-state index contributed by atoms with van der Waals surface area (Å²) in [6.45, 7) is 6.00. The maximum Gasteiger partial charge on any atom is 0.224 e. The molecule has 0 aliphatic rings. The minimum atomic E-state index is -0.762. The molecule has 1 atom stereocenters. The summed E-state index contributed by atoms with van der Waals surface area (Å²) in [5.41, 5.74) is 0. The Hall–Kier alpha value is -2.13. The first-order valence-electron chi connectivity index (χ1n) is 3.58. The maximum atomic E-state index is 10.5. The van der Waals surface area contributed by atoms with E-state index in [1.54, 1.807) is 0 Å².